The van der Waals surface area contributed by atoms with Crippen molar-refractivity contribution in [3.05, 3.63) is 29.3 Å². The van der Waals surface area contributed by atoms with Gasteiger partial charge in [0.2, 0.25) is 10.0 Å². The van der Waals surface area contributed by atoms with Crippen molar-refractivity contribution in [1.82, 2.24) is 9.62 Å². The van der Waals surface area contributed by atoms with Gasteiger partial charge in [0, 0.05) is 24.2 Å². The lowest BCUT2D eigenvalue weighted by Gasteiger charge is -2.34. The zero-order valence-corrected chi connectivity index (χ0v) is 19.6. The fraction of sp³-hybridized carbons (Fsp3) is 0.636. The van der Waals surface area contributed by atoms with E-state index in [0.29, 0.717) is 29.7 Å². The molecule has 1 aromatic carbocycles. The number of piperidine rings is 1. The van der Waals surface area contributed by atoms with E-state index in [1.807, 2.05) is 0 Å². The number of sulfonamides is 1. The molecule has 172 valence electrons. The van der Waals surface area contributed by atoms with E-state index in [4.69, 9.17) is 16.3 Å². The number of amides is 1. The lowest BCUT2D eigenvalue weighted by Crippen LogP contribution is -2.45. The average Bonchev–Trinajstić information content (AvgIpc) is 2.75. The van der Waals surface area contributed by atoms with Gasteiger partial charge in [-0.1, -0.05) is 38.3 Å². The molecule has 3 atom stereocenters. The first-order chi connectivity index (χ1) is 14.7. The Morgan fingerprint density at radius 2 is 1.74 bits per heavy atom. The second-order valence-electron chi connectivity index (χ2n) is 8.68. The molecule has 1 heterocycles. The predicted octanol–water partition coefficient (Wildman–Crippen LogP) is 3.22. The van der Waals surface area contributed by atoms with Gasteiger partial charge in [-0.2, -0.15) is 4.31 Å². The summed E-state index contributed by atoms with van der Waals surface area (Å²) in [5.74, 6) is -0.153. The third-order valence-corrected chi connectivity index (χ3v) is 8.80. The number of carbonyl (C=O) groups is 2. The normalized spacial score (nSPS) is 25.7. The van der Waals surface area contributed by atoms with Crippen LogP contribution in [0, 0.1) is 17.8 Å². The number of halogens is 1. The number of benzene rings is 1. The van der Waals surface area contributed by atoms with Gasteiger partial charge in [0.05, 0.1) is 10.8 Å². The first-order valence-corrected chi connectivity index (χ1v) is 12.7. The molecule has 1 saturated heterocycles. The van der Waals surface area contributed by atoms with Gasteiger partial charge in [-0.25, -0.2) is 8.42 Å². The number of esters is 1. The molecule has 1 saturated carbocycles. The highest BCUT2D eigenvalue weighted by Gasteiger charge is 2.33. The molecular weight excluding hydrogens is 440 g/mol. The molecule has 3 unspecified atom stereocenters. The highest BCUT2D eigenvalue weighted by Crippen LogP contribution is 2.29. The van der Waals surface area contributed by atoms with Crippen molar-refractivity contribution in [3.8, 4) is 0 Å². The first kappa shape index (κ1) is 24.0. The van der Waals surface area contributed by atoms with Gasteiger partial charge in [0.25, 0.3) is 5.91 Å². The lowest BCUT2D eigenvalue weighted by atomic mass is 9.78. The zero-order valence-electron chi connectivity index (χ0n) is 18.1. The summed E-state index contributed by atoms with van der Waals surface area (Å²) in [5, 5.41) is 3.46. The molecular formula is C22H31ClN2O5S. The van der Waals surface area contributed by atoms with E-state index in [2.05, 4.69) is 19.2 Å². The molecule has 1 N–H and O–H groups in total. The Balaban J connectivity index is 1.45. The maximum Gasteiger partial charge on any atom is 0.309 e. The Labute approximate surface area is 189 Å². The highest BCUT2D eigenvalue weighted by molar-refractivity contribution is 7.89. The molecule has 1 aliphatic carbocycles. The summed E-state index contributed by atoms with van der Waals surface area (Å²) in [5.41, 5.74) is 0. The Kier molecular flexibility index (Phi) is 7.99. The van der Waals surface area contributed by atoms with Gasteiger partial charge < -0.3 is 10.1 Å². The average molecular weight is 471 g/mol. The van der Waals surface area contributed by atoms with Crippen molar-refractivity contribution in [2.75, 3.05) is 19.7 Å². The molecule has 0 bridgehead atoms. The van der Waals surface area contributed by atoms with Crippen molar-refractivity contribution in [2.45, 2.75) is 56.9 Å². The van der Waals surface area contributed by atoms with Gasteiger partial charge in [-0.05, 0) is 55.4 Å². The number of hydrogen-bond donors (Lipinski definition) is 1. The lowest BCUT2D eigenvalue weighted by molar-refractivity contribution is -0.154. The minimum Gasteiger partial charge on any atom is -0.455 e. The summed E-state index contributed by atoms with van der Waals surface area (Å²) in [6, 6.07) is 6.16. The fourth-order valence-corrected chi connectivity index (χ4v) is 5.97. The molecule has 2 fully saturated rings. The van der Waals surface area contributed by atoms with Gasteiger partial charge in [0.1, 0.15) is 0 Å². The minimum absolute atomic E-state index is 0.122. The number of rotatable bonds is 6. The molecule has 1 aromatic rings. The molecule has 1 aliphatic heterocycles. The van der Waals surface area contributed by atoms with E-state index >= 15 is 0 Å². The van der Waals surface area contributed by atoms with Gasteiger partial charge in [-0.3, -0.25) is 9.59 Å². The van der Waals surface area contributed by atoms with E-state index in [0.717, 1.165) is 12.8 Å². The van der Waals surface area contributed by atoms with Crippen LogP contribution in [0.4, 0.5) is 0 Å². The third-order valence-electron chi connectivity index (χ3n) is 6.64. The summed E-state index contributed by atoms with van der Waals surface area (Å²) >= 11 is 5.83. The molecule has 1 amide bonds. The maximum absolute atomic E-state index is 12.7. The summed E-state index contributed by atoms with van der Waals surface area (Å²) in [7, 11) is -3.62. The second-order valence-corrected chi connectivity index (χ2v) is 11.1. The van der Waals surface area contributed by atoms with E-state index in [-0.39, 0.29) is 36.5 Å². The van der Waals surface area contributed by atoms with Gasteiger partial charge >= 0.3 is 5.97 Å². The summed E-state index contributed by atoms with van der Waals surface area (Å²) in [4.78, 5) is 24.8. The Hall–Kier alpha value is -1.64. The van der Waals surface area contributed by atoms with Crippen LogP contribution in [0.5, 0.6) is 0 Å². The van der Waals surface area contributed by atoms with Crippen molar-refractivity contribution < 1.29 is 22.7 Å². The Morgan fingerprint density at radius 1 is 1.10 bits per heavy atom. The molecule has 0 radical (unpaired) electrons. The van der Waals surface area contributed by atoms with Gasteiger partial charge in [-0.15, -0.1) is 0 Å². The molecule has 9 heteroatoms. The van der Waals surface area contributed by atoms with Crippen molar-refractivity contribution in [1.29, 1.82) is 0 Å². The van der Waals surface area contributed by atoms with Crippen molar-refractivity contribution >= 4 is 33.5 Å². The molecule has 7 nitrogen and oxygen atoms in total. The van der Waals surface area contributed by atoms with Crippen LogP contribution >= 0.6 is 11.6 Å². The van der Waals surface area contributed by atoms with E-state index in [9.17, 15) is 18.0 Å². The van der Waals surface area contributed by atoms with Crippen molar-refractivity contribution in [2.24, 2.45) is 17.8 Å². The summed E-state index contributed by atoms with van der Waals surface area (Å²) < 4.78 is 32.1. The number of hydrogen-bond acceptors (Lipinski definition) is 5. The number of ether oxygens (including phenoxy) is 1. The fourth-order valence-electron chi connectivity index (χ4n) is 4.38. The standard InChI is InChI=1S/C22H31ClN2O5S/c1-15-4-3-5-20(16(15)2)24-21(26)14-30-22(27)17-10-12-25(13-11-17)31(28,29)19-8-6-18(23)7-9-19/h6-9,15-17,20H,3-5,10-14H2,1-2H3,(H,24,26). The minimum atomic E-state index is -3.62. The van der Waals surface area contributed by atoms with Crippen molar-refractivity contribution in [3.63, 3.8) is 0 Å². The summed E-state index contributed by atoms with van der Waals surface area (Å²) in [6.07, 6.45) is 3.95. The van der Waals surface area contributed by atoms with Gasteiger partial charge in [0.15, 0.2) is 6.61 Å². The monoisotopic (exact) mass is 470 g/mol. The quantitative estimate of drug-likeness (QED) is 0.644. The predicted molar refractivity (Wildman–Crippen MR) is 118 cm³/mol. The van der Waals surface area contributed by atoms with E-state index in [1.165, 1.54) is 22.9 Å². The summed E-state index contributed by atoms with van der Waals surface area (Å²) in [6.45, 7) is 4.51. The number of nitrogens with zero attached hydrogens (tertiary/aromatic N) is 1. The van der Waals surface area contributed by atoms with Crippen LogP contribution in [0.3, 0.4) is 0 Å². The SMILES string of the molecule is CC1CCCC(NC(=O)COC(=O)C2CCN(S(=O)(=O)c3ccc(Cl)cc3)CC2)C1C. The molecule has 31 heavy (non-hydrogen) atoms. The van der Waals surface area contributed by atoms with Crippen LogP contribution in [0.25, 0.3) is 0 Å². The third kappa shape index (κ3) is 5.99. The molecule has 2 aliphatic rings. The van der Waals surface area contributed by atoms with Crippen LogP contribution in [-0.4, -0.2) is 50.3 Å². The number of carbonyl (C=O) groups excluding carboxylic acids is 2. The maximum atomic E-state index is 12.7. The smallest absolute Gasteiger partial charge is 0.309 e. The topological polar surface area (TPSA) is 92.8 Å². The first-order valence-electron chi connectivity index (χ1n) is 10.9. The van der Waals surface area contributed by atoms with Crippen LogP contribution in [-0.2, 0) is 24.3 Å². The van der Waals surface area contributed by atoms with Crippen LogP contribution in [0.15, 0.2) is 29.2 Å². The van der Waals surface area contributed by atoms with Crippen LogP contribution in [0.2, 0.25) is 5.02 Å². The molecule has 0 aromatic heterocycles. The van der Waals surface area contributed by atoms with Crippen LogP contribution in [0.1, 0.15) is 46.0 Å². The Morgan fingerprint density at radius 3 is 2.39 bits per heavy atom. The zero-order chi connectivity index (χ0) is 22.6. The second kappa shape index (κ2) is 10.3. The largest absolute Gasteiger partial charge is 0.455 e. The van der Waals surface area contributed by atoms with E-state index < -0.39 is 21.9 Å². The van der Waals surface area contributed by atoms with Crippen LogP contribution < -0.4 is 5.32 Å². The van der Waals surface area contributed by atoms with E-state index in [1.54, 1.807) is 12.1 Å². The Bertz CT molecular complexity index is 882. The number of nitrogens with one attached hydrogen (secondary N) is 1. The molecule has 0 spiro atoms. The highest BCUT2D eigenvalue weighted by atomic mass is 35.5. The molecule has 3 rings (SSSR count).